The summed E-state index contributed by atoms with van der Waals surface area (Å²) in [5.74, 6) is -0.677. The lowest BCUT2D eigenvalue weighted by atomic mass is 10.2. The van der Waals surface area contributed by atoms with Gasteiger partial charge in [0.05, 0.1) is 4.90 Å². The molecule has 0 amide bonds. The summed E-state index contributed by atoms with van der Waals surface area (Å²) in [7, 11) is -3.88. The van der Waals surface area contributed by atoms with Crippen molar-refractivity contribution in [1.29, 1.82) is 0 Å². The van der Waals surface area contributed by atoms with Gasteiger partial charge in [-0.05, 0) is 19.1 Å². The number of nitrogens with two attached hydrogens (primary N) is 2. The molecule has 1 aromatic rings. The SMILES string of the molecule is Cc1c(N)cc(S(N)(=O)=O)cc1F. The van der Waals surface area contributed by atoms with Gasteiger partial charge in [0.2, 0.25) is 10.0 Å². The van der Waals surface area contributed by atoms with Gasteiger partial charge in [-0.3, -0.25) is 0 Å². The summed E-state index contributed by atoms with van der Waals surface area (Å²) in [6.07, 6.45) is 0. The first-order valence-electron chi connectivity index (χ1n) is 3.41. The van der Waals surface area contributed by atoms with Gasteiger partial charge in [-0.1, -0.05) is 0 Å². The zero-order valence-electron chi connectivity index (χ0n) is 6.91. The summed E-state index contributed by atoms with van der Waals surface area (Å²) in [6.45, 7) is 1.46. The predicted molar refractivity (Wildman–Crippen MR) is 46.9 cm³/mol. The average molecular weight is 204 g/mol. The van der Waals surface area contributed by atoms with E-state index in [9.17, 15) is 12.8 Å². The molecule has 0 aliphatic carbocycles. The summed E-state index contributed by atoms with van der Waals surface area (Å²) in [5.41, 5.74) is 5.65. The maximum atomic E-state index is 13.0. The number of hydrogen-bond donors (Lipinski definition) is 2. The predicted octanol–water partition coefficient (Wildman–Crippen LogP) is 0.364. The molecule has 4 nitrogen and oxygen atoms in total. The van der Waals surface area contributed by atoms with Crippen molar-refractivity contribution < 1.29 is 12.8 Å². The molecule has 0 bridgehead atoms. The summed E-state index contributed by atoms with van der Waals surface area (Å²) >= 11 is 0. The second-order valence-electron chi connectivity index (χ2n) is 2.66. The van der Waals surface area contributed by atoms with Crippen LogP contribution in [-0.2, 0) is 10.0 Å². The van der Waals surface area contributed by atoms with E-state index in [2.05, 4.69) is 0 Å². The first-order chi connectivity index (χ1) is 5.82. The van der Waals surface area contributed by atoms with E-state index in [1.165, 1.54) is 6.92 Å². The molecule has 0 radical (unpaired) electrons. The molecular weight excluding hydrogens is 195 g/mol. The standard InChI is InChI=1S/C7H9FN2O2S/c1-4-6(8)2-5(3-7(4)9)13(10,11)12/h2-3H,9H2,1H3,(H2,10,11,12). The van der Waals surface area contributed by atoms with E-state index in [0.717, 1.165) is 12.1 Å². The third-order valence-electron chi connectivity index (χ3n) is 1.69. The second kappa shape index (κ2) is 2.97. The van der Waals surface area contributed by atoms with Gasteiger partial charge in [0.1, 0.15) is 5.82 Å². The van der Waals surface area contributed by atoms with Crippen molar-refractivity contribution in [3.63, 3.8) is 0 Å². The Balaban J connectivity index is 3.47. The molecule has 6 heteroatoms. The van der Waals surface area contributed by atoms with Gasteiger partial charge in [-0.15, -0.1) is 0 Å². The lowest BCUT2D eigenvalue weighted by Crippen LogP contribution is -2.13. The van der Waals surface area contributed by atoms with Gasteiger partial charge in [0.25, 0.3) is 0 Å². The van der Waals surface area contributed by atoms with Gasteiger partial charge >= 0.3 is 0 Å². The molecule has 1 aromatic carbocycles. The largest absolute Gasteiger partial charge is 0.398 e. The summed E-state index contributed by atoms with van der Waals surface area (Å²) in [4.78, 5) is -0.312. The zero-order valence-corrected chi connectivity index (χ0v) is 7.73. The molecule has 0 aliphatic rings. The number of hydrogen-bond acceptors (Lipinski definition) is 3. The number of anilines is 1. The first kappa shape index (κ1) is 9.94. The number of benzene rings is 1. The fourth-order valence-corrected chi connectivity index (χ4v) is 1.40. The Kier molecular flexibility index (Phi) is 2.27. The fraction of sp³-hybridized carbons (Fsp3) is 0.143. The highest BCUT2D eigenvalue weighted by molar-refractivity contribution is 7.89. The lowest BCUT2D eigenvalue weighted by Gasteiger charge is -2.04. The number of primary sulfonamides is 1. The molecule has 0 unspecified atom stereocenters. The van der Waals surface area contributed by atoms with Crippen LogP contribution in [0.1, 0.15) is 5.56 Å². The fourth-order valence-electron chi connectivity index (χ4n) is 0.838. The lowest BCUT2D eigenvalue weighted by molar-refractivity contribution is 0.591. The topological polar surface area (TPSA) is 86.2 Å². The number of rotatable bonds is 1. The Labute approximate surface area is 75.4 Å². The van der Waals surface area contributed by atoms with E-state index in [0.29, 0.717) is 0 Å². The Bertz CT molecular complexity index is 419. The molecule has 0 saturated carbocycles. The van der Waals surface area contributed by atoms with Crippen LogP contribution in [0.5, 0.6) is 0 Å². The average Bonchev–Trinajstić information content (AvgIpc) is 1.97. The van der Waals surface area contributed by atoms with Crippen LogP contribution >= 0.6 is 0 Å². The van der Waals surface area contributed by atoms with E-state index >= 15 is 0 Å². The Morgan fingerprint density at radius 3 is 2.31 bits per heavy atom. The van der Waals surface area contributed by atoms with E-state index in [1.54, 1.807) is 0 Å². The Morgan fingerprint density at radius 1 is 1.38 bits per heavy atom. The highest BCUT2D eigenvalue weighted by Crippen LogP contribution is 2.19. The molecule has 1 rings (SSSR count). The normalized spacial score (nSPS) is 11.6. The van der Waals surface area contributed by atoms with Crippen LogP contribution in [0.15, 0.2) is 17.0 Å². The molecule has 0 saturated heterocycles. The van der Waals surface area contributed by atoms with Crippen LogP contribution in [-0.4, -0.2) is 8.42 Å². The maximum Gasteiger partial charge on any atom is 0.238 e. The smallest absolute Gasteiger partial charge is 0.238 e. The highest BCUT2D eigenvalue weighted by Gasteiger charge is 2.12. The van der Waals surface area contributed by atoms with Crippen molar-refractivity contribution in [2.75, 3.05) is 5.73 Å². The van der Waals surface area contributed by atoms with Crippen LogP contribution in [0.4, 0.5) is 10.1 Å². The molecule has 0 atom stereocenters. The maximum absolute atomic E-state index is 13.0. The van der Waals surface area contributed by atoms with E-state index in [4.69, 9.17) is 10.9 Å². The van der Waals surface area contributed by atoms with Crippen molar-refractivity contribution in [2.45, 2.75) is 11.8 Å². The van der Waals surface area contributed by atoms with Crippen molar-refractivity contribution in [3.05, 3.63) is 23.5 Å². The molecule has 0 aromatic heterocycles. The van der Waals surface area contributed by atoms with Gasteiger partial charge in [-0.25, -0.2) is 17.9 Å². The quantitative estimate of drug-likeness (QED) is 0.648. The van der Waals surface area contributed by atoms with Crippen molar-refractivity contribution in [1.82, 2.24) is 0 Å². The van der Waals surface area contributed by atoms with Gasteiger partial charge in [0, 0.05) is 11.3 Å². The monoisotopic (exact) mass is 204 g/mol. The van der Waals surface area contributed by atoms with E-state index in [1.807, 2.05) is 0 Å². The molecular formula is C7H9FN2O2S. The Hall–Kier alpha value is -1.14. The summed E-state index contributed by atoms with van der Waals surface area (Å²) < 4.78 is 34.6. The van der Waals surface area contributed by atoms with E-state index < -0.39 is 15.8 Å². The van der Waals surface area contributed by atoms with Crippen molar-refractivity contribution in [3.8, 4) is 0 Å². The summed E-state index contributed by atoms with van der Waals surface area (Å²) in [5, 5.41) is 4.79. The Morgan fingerprint density at radius 2 is 1.92 bits per heavy atom. The van der Waals surface area contributed by atoms with Crippen LogP contribution in [0.25, 0.3) is 0 Å². The molecule has 13 heavy (non-hydrogen) atoms. The minimum Gasteiger partial charge on any atom is -0.398 e. The first-order valence-corrected chi connectivity index (χ1v) is 4.95. The summed E-state index contributed by atoms with van der Waals surface area (Å²) in [6, 6.07) is 1.98. The highest BCUT2D eigenvalue weighted by atomic mass is 32.2. The number of sulfonamides is 1. The van der Waals surface area contributed by atoms with Crippen LogP contribution in [0, 0.1) is 12.7 Å². The minimum atomic E-state index is -3.88. The van der Waals surface area contributed by atoms with Crippen LogP contribution < -0.4 is 10.9 Å². The molecule has 0 spiro atoms. The third kappa shape index (κ3) is 1.96. The molecule has 0 heterocycles. The van der Waals surface area contributed by atoms with Crippen molar-refractivity contribution in [2.24, 2.45) is 5.14 Å². The van der Waals surface area contributed by atoms with Gasteiger partial charge < -0.3 is 5.73 Å². The van der Waals surface area contributed by atoms with Crippen LogP contribution in [0.3, 0.4) is 0 Å². The minimum absolute atomic E-state index is 0.0732. The van der Waals surface area contributed by atoms with Gasteiger partial charge in [-0.2, -0.15) is 0 Å². The molecule has 0 aliphatic heterocycles. The number of nitrogen functional groups attached to an aromatic ring is 1. The number of halogens is 1. The zero-order chi connectivity index (χ0) is 10.2. The van der Waals surface area contributed by atoms with E-state index in [-0.39, 0.29) is 16.1 Å². The van der Waals surface area contributed by atoms with Crippen molar-refractivity contribution >= 4 is 15.7 Å². The molecule has 0 fully saturated rings. The van der Waals surface area contributed by atoms with Crippen LogP contribution in [0.2, 0.25) is 0 Å². The second-order valence-corrected chi connectivity index (χ2v) is 4.23. The van der Waals surface area contributed by atoms with Gasteiger partial charge in [0.15, 0.2) is 0 Å². The molecule has 72 valence electrons. The molecule has 4 N–H and O–H groups in total. The third-order valence-corrected chi connectivity index (χ3v) is 2.58.